The second-order valence-electron chi connectivity index (χ2n) is 11.9. The number of nitrogens with zero attached hydrogens (tertiary/aromatic N) is 2. The number of amides is 2. The largest absolute Gasteiger partial charge is 0.497 e. The molecule has 0 aliphatic heterocycles. The highest BCUT2D eigenvalue weighted by Crippen LogP contribution is 2.33. The van der Waals surface area contributed by atoms with Crippen LogP contribution in [-0.2, 0) is 32.6 Å². The number of para-hydroxylation sites is 2. The van der Waals surface area contributed by atoms with E-state index in [-0.39, 0.29) is 41.2 Å². The molecule has 1 N–H and O–H groups in total. The van der Waals surface area contributed by atoms with Crippen molar-refractivity contribution in [2.24, 2.45) is 0 Å². The number of hydrogen-bond acceptors (Lipinski definition) is 6. The van der Waals surface area contributed by atoms with Gasteiger partial charge in [0.15, 0.2) is 0 Å². The first kappa shape index (κ1) is 34.5. The number of ether oxygens (including phenoxy) is 2. The molecule has 1 fully saturated rings. The van der Waals surface area contributed by atoms with Crippen molar-refractivity contribution in [3.63, 3.8) is 0 Å². The van der Waals surface area contributed by atoms with Gasteiger partial charge >= 0.3 is 0 Å². The van der Waals surface area contributed by atoms with E-state index in [1.54, 1.807) is 36.4 Å². The topological polar surface area (TPSA) is 105 Å². The lowest BCUT2D eigenvalue weighted by molar-refractivity contribution is -0.140. The van der Waals surface area contributed by atoms with Crippen molar-refractivity contribution in [2.75, 3.05) is 25.1 Å². The Morgan fingerprint density at radius 3 is 2.00 bits per heavy atom. The Morgan fingerprint density at radius 1 is 0.771 bits per heavy atom. The van der Waals surface area contributed by atoms with Crippen LogP contribution in [0.4, 0.5) is 5.69 Å². The fourth-order valence-corrected chi connectivity index (χ4v) is 7.53. The van der Waals surface area contributed by atoms with E-state index in [0.717, 1.165) is 47.5 Å². The van der Waals surface area contributed by atoms with Gasteiger partial charge in [0.2, 0.25) is 11.8 Å². The Bertz CT molecular complexity index is 1740. The van der Waals surface area contributed by atoms with Gasteiger partial charge in [0.05, 0.1) is 24.8 Å². The molecule has 0 saturated heterocycles. The Balaban J connectivity index is 1.57. The molecule has 4 aromatic rings. The predicted molar refractivity (Wildman–Crippen MR) is 186 cm³/mol. The quantitative estimate of drug-likeness (QED) is 0.177. The summed E-state index contributed by atoms with van der Waals surface area (Å²) in [6, 6.07) is 30.8. The highest BCUT2D eigenvalue weighted by molar-refractivity contribution is 7.92. The van der Waals surface area contributed by atoms with Crippen molar-refractivity contribution in [3.8, 4) is 11.5 Å². The predicted octanol–water partition coefficient (Wildman–Crippen LogP) is 5.99. The van der Waals surface area contributed by atoms with Crippen LogP contribution in [0.1, 0.15) is 43.2 Å². The van der Waals surface area contributed by atoms with Crippen molar-refractivity contribution in [1.29, 1.82) is 0 Å². The molecular formula is C38H43N3O6S. The van der Waals surface area contributed by atoms with Crippen LogP contribution in [0.3, 0.4) is 0 Å². The molecule has 4 aromatic carbocycles. The molecule has 5 rings (SSSR count). The molecule has 0 heterocycles. The first-order chi connectivity index (χ1) is 23.3. The number of rotatable bonds is 14. The summed E-state index contributed by atoms with van der Waals surface area (Å²) in [6.45, 7) is -0.457. The van der Waals surface area contributed by atoms with E-state index in [9.17, 15) is 18.0 Å². The zero-order chi connectivity index (χ0) is 33.9. The number of nitrogens with one attached hydrogen (secondary N) is 1. The van der Waals surface area contributed by atoms with Gasteiger partial charge in [-0.3, -0.25) is 13.9 Å². The number of carbonyl (C=O) groups is 2. The first-order valence-corrected chi connectivity index (χ1v) is 17.7. The minimum absolute atomic E-state index is 0.0208. The second-order valence-corrected chi connectivity index (χ2v) is 13.8. The molecule has 48 heavy (non-hydrogen) atoms. The van der Waals surface area contributed by atoms with Gasteiger partial charge in [-0.15, -0.1) is 0 Å². The molecule has 0 aromatic heterocycles. The first-order valence-electron chi connectivity index (χ1n) is 16.3. The van der Waals surface area contributed by atoms with Crippen LogP contribution >= 0.6 is 0 Å². The molecule has 252 valence electrons. The zero-order valence-corrected chi connectivity index (χ0v) is 28.3. The smallest absolute Gasteiger partial charge is 0.264 e. The molecule has 0 bridgehead atoms. The fraction of sp³-hybridized carbons (Fsp3) is 0.316. The maximum Gasteiger partial charge on any atom is 0.264 e. The van der Waals surface area contributed by atoms with Gasteiger partial charge in [-0.25, -0.2) is 8.42 Å². The van der Waals surface area contributed by atoms with Crippen LogP contribution in [0.5, 0.6) is 11.5 Å². The average Bonchev–Trinajstić information content (AvgIpc) is 3.13. The van der Waals surface area contributed by atoms with Gasteiger partial charge in [0.25, 0.3) is 10.0 Å². The lowest BCUT2D eigenvalue weighted by atomic mass is 9.94. The molecule has 0 spiro atoms. The van der Waals surface area contributed by atoms with Gasteiger partial charge in [-0.05, 0) is 60.4 Å². The molecule has 1 atom stereocenters. The minimum Gasteiger partial charge on any atom is -0.497 e. The molecule has 2 amide bonds. The van der Waals surface area contributed by atoms with E-state index < -0.39 is 28.5 Å². The molecule has 1 aliphatic rings. The van der Waals surface area contributed by atoms with Crippen LogP contribution in [0, 0.1) is 0 Å². The van der Waals surface area contributed by atoms with E-state index in [1.165, 1.54) is 31.3 Å². The molecule has 0 unspecified atom stereocenters. The van der Waals surface area contributed by atoms with Crippen LogP contribution in [0.25, 0.3) is 0 Å². The van der Waals surface area contributed by atoms with E-state index in [1.807, 2.05) is 60.7 Å². The number of carbonyl (C=O) groups excluding carboxylic acids is 2. The summed E-state index contributed by atoms with van der Waals surface area (Å²) < 4.78 is 40.6. The third-order valence-electron chi connectivity index (χ3n) is 8.70. The van der Waals surface area contributed by atoms with E-state index in [2.05, 4.69) is 5.32 Å². The number of anilines is 1. The summed E-state index contributed by atoms with van der Waals surface area (Å²) in [5.74, 6) is 0.00182. The highest BCUT2D eigenvalue weighted by atomic mass is 32.2. The summed E-state index contributed by atoms with van der Waals surface area (Å²) >= 11 is 0. The third-order valence-corrected chi connectivity index (χ3v) is 10.5. The van der Waals surface area contributed by atoms with Crippen molar-refractivity contribution >= 4 is 27.5 Å². The number of methoxy groups -OCH3 is 2. The summed E-state index contributed by atoms with van der Waals surface area (Å²) in [5, 5.41) is 3.23. The summed E-state index contributed by atoms with van der Waals surface area (Å²) in [4.78, 5) is 30.4. The van der Waals surface area contributed by atoms with Gasteiger partial charge < -0.3 is 19.7 Å². The third kappa shape index (κ3) is 8.55. The number of hydrogen-bond donors (Lipinski definition) is 1. The molecule has 0 radical (unpaired) electrons. The molecule has 1 saturated carbocycles. The van der Waals surface area contributed by atoms with Crippen LogP contribution in [0.2, 0.25) is 0 Å². The lowest BCUT2D eigenvalue weighted by Crippen LogP contribution is -2.55. The van der Waals surface area contributed by atoms with Crippen molar-refractivity contribution in [1.82, 2.24) is 10.2 Å². The SMILES string of the molecule is COc1ccc(S(=O)(=O)N(CC(=O)N(Cc2ccccc2)[C@@H](Cc2ccccc2)C(=O)NC2CCCCC2)c2ccccc2OC)cc1. The summed E-state index contributed by atoms with van der Waals surface area (Å²) in [6.07, 6.45) is 5.25. The van der Waals surface area contributed by atoms with Crippen molar-refractivity contribution in [2.45, 2.75) is 62.0 Å². The molecule has 1 aliphatic carbocycles. The molecule has 10 heteroatoms. The van der Waals surface area contributed by atoms with E-state index in [0.29, 0.717) is 5.75 Å². The van der Waals surface area contributed by atoms with Crippen LogP contribution in [0.15, 0.2) is 114 Å². The Morgan fingerprint density at radius 2 is 1.38 bits per heavy atom. The van der Waals surface area contributed by atoms with Crippen molar-refractivity contribution in [3.05, 3.63) is 120 Å². The standard InChI is InChI=1S/C38H43N3O6S/c1-46-32-22-24-33(25-23-32)48(44,45)41(34-20-12-13-21-36(34)47-2)28-37(42)40(27-30-16-8-4-9-17-30)35(26-29-14-6-3-7-15-29)38(43)39-31-18-10-5-11-19-31/h3-4,6-9,12-17,20-25,31,35H,5,10-11,18-19,26-28H2,1-2H3,(H,39,43)/t35-/m0/s1. The Hall–Kier alpha value is -4.83. The lowest BCUT2D eigenvalue weighted by Gasteiger charge is -2.35. The Kier molecular flexibility index (Phi) is 11.7. The van der Waals surface area contributed by atoms with Crippen LogP contribution < -0.4 is 19.1 Å². The highest BCUT2D eigenvalue weighted by Gasteiger charge is 2.36. The number of benzene rings is 4. The summed E-state index contributed by atoms with van der Waals surface area (Å²) in [5.41, 5.74) is 1.91. The van der Waals surface area contributed by atoms with Crippen LogP contribution in [-0.4, -0.2) is 58.0 Å². The fourth-order valence-electron chi connectivity index (χ4n) is 6.10. The molecular weight excluding hydrogens is 627 g/mol. The van der Waals surface area contributed by atoms with E-state index in [4.69, 9.17) is 9.47 Å². The minimum atomic E-state index is -4.29. The monoisotopic (exact) mass is 669 g/mol. The number of sulfonamides is 1. The van der Waals surface area contributed by atoms with Gasteiger partial charge in [-0.2, -0.15) is 0 Å². The maximum absolute atomic E-state index is 14.7. The maximum atomic E-state index is 14.7. The normalized spacial score (nSPS) is 14.0. The van der Waals surface area contributed by atoms with Gasteiger partial charge in [-0.1, -0.05) is 92.1 Å². The molecule has 9 nitrogen and oxygen atoms in total. The van der Waals surface area contributed by atoms with Gasteiger partial charge in [0, 0.05) is 19.0 Å². The average molecular weight is 670 g/mol. The Labute approximate surface area is 283 Å². The van der Waals surface area contributed by atoms with E-state index >= 15 is 0 Å². The zero-order valence-electron chi connectivity index (χ0n) is 27.5. The van der Waals surface area contributed by atoms with Gasteiger partial charge in [0.1, 0.15) is 24.1 Å². The second kappa shape index (κ2) is 16.3. The summed E-state index contributed by atoms with van der Waals surface area (Å²) in [7, 11) is -1.34. The van der Waals surface area contributed by atoms with Crippen molar-refractivity contribution < 1.29 is 27.5 Å².